The highest BCUT2D eigenvalue weighted by atomic mass is 35.5. The molecule has 0 amide bonds. The fourth-order valence-electron chi connectivity index (χ4n) is 1.87. The smallest absolute Gasteiger partial charge is 0.117 e. The van der Waals surface area contributed by atoms with E-state index in [4.69, 9.17) is 17.3 Å². The number of imidazole rings is 1. The number of thioether (sulfide) groups is 1. The first-order chi connectivity index (χ1) is 9.22. The number of para-hydroxylation sites is 2. The van der Waals surface area contributed by atoms with E-state index in [1.54, 1.807) is 17.8 Å². The molecule has 3 nitrogen and oxygen atoms in total. The molecule has 3 aromatic rings. The lowest BCUT2D eigenvalue weighted by atomic mass is 10.3. The van der Waals surface area contributed by atoms with Gasteiger partial charge in [0.2, 0.25) is 0 Å². The lowest BCUT2D eigenvalue weighted by Gasteiger charge is -2.04. The van der Waals surface area contributed by atoms with Crippen LogP contribution in [0.4, 0.5) is 5.69 Å². The lowest BCUT2D eigenvalue weighted by molar-refractivity contribution is 1.14. The molecule has 0 saturated carbocycles. The standard InChI is InChI=1S/C14H12ClN3S/c15-9-5-6-13(10(16)7-9)19-8-14-17-11-3-1-2-4-12(11)18-14/h1-7H,8,16H2,(H,17,18). The number of nitrogens with zero attached hydrogens (tertiary/aromatic N) is 1. The highest BCUT2D eigenvalue weighted by molar-refractivity contribution is 7.98. The van der Waals surface area contributed by atoms with Crippen molar-refractivity contribution in [2.24, 2.45) is 0 Å². The monoisotopic (exact) mass is 289 g/mol. The lowest BCUT2D eigenvalue weighted by Crippen LogP contribution is -1.89. The highest BCUT2D eigenvalue weighted by Gasteiger charge is 2.05. The molecule has 0 radical (unpaired) electrons. The van der Waals surface area contributed by atoms with Gasteiger partial charge in [0.05, 0.1) is 16.8 Å². The molecule has 0 unspecified atom stereocenters. The molecule has 3 N–H and O–H groups in total. The Balaban J connectivity index is 1.78. The maximum absolute atomic E-state index is 5.92. The van der Waals surface area contributed by atoms with Crippen molar-refractivity contribution in [3.05, 3.63) is 53.3 Å². The summed E-state index contributed by atoms with van der Waals surface area (Å²) < 4.78 is 0. The molecule has 0 bridgehead atoms. The molecule has 5 heteroatoms. The van der Waals surface area contributed by atoms with Gasteiger partial charge in [-0.2, -0.15) is 0 Å². The van der Waals surface area contributed by atoms with Gasteiger partial charge in [-0.15, -0.1) is 11.8 Å². The number of nitrogens with two attached hydrogens (primary N) is 1. The van der Waals surface area contributed by atoms with Crippen LogP contribution in [0.2, 0.25) is 5.02 Å². The molecule has 0 spiro atoms. The predicted molar refractivity (Wildman–Crippen MR) is 81.5 cm³/mol. The Morgan fingerprint density at radius 3 is 2.84 bits per heavy atom. The third-order valence-corrected chi connectivity index (χ3v) is 4.11. The minimum Gasteiger partial charge on any atom is -0.398 e. The first kappa shape index (κ1) is 12.4. The number of nitrogens with one attached hydrogen (secondary N) is 1. The minimum atomic E-state index is 0.658. The second-order valence-corrected chi connectivity index (χ2v) is 5.63. The summed E-state index contributed by atoms with van der Waals surface area (Å²) in [5, 5.41) is 0.658. The van der Waals surface area contributed by atoms with Gasteiger partial charge in [0, 0.05) is 15.6 Å². The summed E-state index contributed by atoms with van der Waals surface area (Å²) in [6.45, 7) is 0. The summed E-state index contributed by atoms with van der Waals surface area (Å²) in [6, 6.07) is 13.5. The normalized spacial score (nSPS) is 11.0. The summed E-state index contributed by atoms with van der Waals surface area (Å²) in [7, 11) is 0. The molecule has 0 fully saturated rings. The van der Waals surface area contributed by atoms with E-state index < -0.39 is 0 Å². The molecule has 96 valence electrons. The number of rotatable bonds is 3. The summed E-state index contributed by atoms with van der Waals surface area (Å²) in [4.78, 5) is 8.85. The number of aromatic amines is 1. The van der Waals surface area contributed by atoms with Gasteiger partial charge in [0.15, 0.2) is 0 Å². The van der Waals surface area contributed by atoms with Crippen LogP contribution >= 0.6 is 23.4 Å². The van der Waals surface area contributed by atoms with Crippen molar-refractivity contribution in [1.82, 2.24) is 9.97 Å². The molecule has 1 heterocycles. The zero-order valence-corrected chi connectivity index (χ0v) is 11.6. The van der Waals surface area contributed by atoms with Crippen molar-refractivity contribution in [3.8, 4) is 0 Å². The number of aromatic nitrogens is 2. The van der Waals surface area contributed by atoms with E-state index in [2.05, 4.69) is 9.97 Å². The van der Waals surface area contributed by atoms with Gasteiger partial charge in [-0.3, -0.25) is 0 Å². The molecule has 19 heavy (non-hydrogen) atoms. The fourth-order valence-corrected chi connectivity index (χ4v) is 2.87. The number of anilines is 1. The molecule has 2 aromatic carbocycles. The van der Waals surface area contributed by atoms with E-state index in [0.29, 0.717) is 10.7 Å². The topological polar surface area (TPSA) is 54.7 Å². The Labute approximate surface area is 120 Å². The molecule has 3 rings (SSSR count). The number of hydrogen-bond acceptors (Lipinski definition) is 3. The third kappa shape index (κ3) is 2.69. The number of benzene rings is 2. The van der Waals surface area contributed by atoms with Crippen molar-refractivity contribution in [2.75, 3.05) is 5.73 Å². The van der Waals surface area contributed by atoms with Crippen LogP contribution < -0.4 is 5.73 Å². The van der Waals surface area contributed by atoms with Crippen molar-refractivity contribution in [2.45, 2.75) is 10.6 Å². The van der Waals surface area contributed by atoms with Gasteiger partial charge in [0.1, 0.15) is 5.82 Å². The number of halogens is 1. The van der Waals surface area contributed by atoms with Crippen LogP contribution in [-0.4, -0.2) is 9.97 Å². The van der Waals surface area contributed by atoms with Crippen molar-refractivity contribution < 1.29 is 0 Å². The van der Waals surface area contributed by atoms with Crippen molar-refractivity contribution >= 4 is 40.1 Å². The van der Waals surface area contributed by atoms with Crippen molar-refractivity contribution in [1.29, 1.82) is 0 Å². The van der Waals surface area contributed by atoms with Crippen LogP contribution in [0.25, 0.3) is 11.0 Å². The quantitative estimate of drug-likeness (QED) is 0.564. The fraction of sp³-hybridized carbons (Fsp3) is 0.0714. The van der Waals surface area contributed by atoms with Crippen LogP contribution in [0.1, 0.15) is 5.82 Å². The van der Waals surface area contributed by atoms with E-state index >= 15 is 0 Å². The predicted octanol–water partition coefficient (Wildman–Crippen LogP) is 4.09. The molecule has 0 aliphatic carbocycles. The second-order valence-electron chi connectivity index (χ2n) is 4.17. The van der Waals surface area contributed by atoms with Gasteiger partial charge in [-0.05, 0) is 30.3 Å². The summed E-state index contributed by atoms with van der Waals surface area (Å²) in [5.41, 5.74) is 8.67. The van der Waals surface area contributed by atoms with Crippen LogP contribution in [0.5, 0.6) is 0 Å². The molecular weight excluding hydrogens is 278 g/mol. The van der Waals surface area contributed by atoms with Gasteiger partial charge in [-0.1, -0.05) is 23.7 Å². The first-order valence-corrected chi connectivity index (χ1v) is 7.20. The van der Waals surface area contributed by atoms with Crippen LogP contribution in [0.3, 0.4) is 0 Å². The summed E-state index contributed by atoms with van der Waals surface area (Å²) in [5.74, 6) is 1.70. The first-order valence-electron chi connectivity index (χ1n) is 5.84. The highest BCUT2D eigenvalue weighted by Crippen LogP contribution is 2.29. The number of nitrogen functional groups attached to an aromatic ring is 1. The summed E-state index contributed by atoms with van der Waals surface area (Å²) >= 11 is 7.53. The van der Waals surface area contributed by atoms with E-state index in [1.807, 2.05) is 36.4 Å². The SMILES string of the molecule is Nc1cc(Cl)ccc1SCc1nc2ccccc2[nH]1. The van der Waals surface area contributed by atoms with Crippen molar-refractivity contribution in [3.63, 3.8) is 0 Å². The molecule has 0 aliphatic rings. The minimum absolute atomic E-state index is 0.658. The number of fused-ring (bicyclic) bond motifs is 1. The van der Waals surface area contributed by atoms with E-state index in [1.165, 1.54) is 0 Å². The zero-order chi connectivity index (χ0) is 13.2. The maximum Gasteiger partial charge on any atom is 0.117 e. The summed E-state index contributed by atoms with van der Waals surface area (Å²) in [6.07, 6.45) is 0. The van der Waals surface area contributed by atoms with Gasteiger partial charge in [-0.25, -0.2) is 4.98 Å². The molecular formula is C14H12ClN3S. The van der Waals surface area contributed by atoms with Gasteiger partial charge >= 0.3 is 0 Å². The number of H-pyrrole nitrogens is 1. The van der Waals surface area contributed by atoms with E-state index in [-0.39, 0.29) is 0 Å². The van der Waals surface area contributed by atoms with Gasteiger partial charge < -0.3 is 10.7 Å². The average Bonchev–Trinajstić information content (AvgIpc) is 2.80. The Bertz CT molecular complexity index is 691. The average molecular weight is 290 g/mol. The van der Waals surface area contributed by atoms with E-state index in [0.717, 1.165) is 27.5 Å². The Hall–Kier alpha value is -1.65. The molecule has 0 saturated heterocycles. The Kier molecular flexibility index (Phi) is 3.36. The van der Waals surface area contributed by atoms with Gasteiger partial charge in [0.25, 0.3) is 0 Å². The maximum atomic E-state index is 5.92. The Morgan fingerprint density at radius 1 is 1.21 bits per heavy atom. The van der Waals surface area contributed by atoms with Crippen LogP contribution in [0, 0.1) is 0 Å². The zero-order valence-electron chi connectivity index (χ0n) is 10.1. The second kappa shape index (κ2) is 5.15. The molecule has 0 aliphatic heterocycles. The van der Waals surface area contributed by atoms with Crippen LogP contribution in [-0.2, 0) is 5.75 Å². The molecule has 1 aromatic heterocycles. The molecule has 0 atom stereocenters. The van der Waals surface area contributed by atoms with E-state index in [9.17, 15) is 0 Å². The largest absolute Gasteiger partial charge is 0.398 e. The number of hydrogen-bond donors (Lipinski definition) is 2. The third-order valence-electron chi connectivity index (χ3n) is 2.77. The van der Waals surface area contributed by atoms with Crippen LogP contribution in [0.15, 0.2) is 47.4 Å². The Morgan fingerprint density at radius 2 is 2.05 bits per heavy atom.